The van der Waals surface area contributed by atoms with Gasteiger partial charge in [0.05, 0.1) is 4.90 Å². The second-order valence-electron chi connectivity index (χ2n) is 7.45. The molecular formula is C17H28N2O2S. The number of benzene rings is 1. The maximum atomic E-state index is 13.0. The summed E-state index contributed by atoms with van der Waals surface area (Å²) in [6, 6.07) is 7.36. The Bertz CT molecular complexity index is 620. The third-order valence-corrected chi connectivity index (χ3v) is 6.27. The van der Waals surface area contributed by atoms with Gasteiger partial charge in [0.1, 0.15) is 0 Å². The van der Waals surface area contributed by atoms with Gasteiger partial charge in [-0.3, -0.25) is 0 Å². The van der Waals surface area contributed by atoms with Crippen LogP contribution >= 0.6 is 0 Å². The van der Waals surface area contributed by atoms with Gasteiger partial charge in [-0.2, -0.15) is 0 Å². The molecule has 0 saturated carbocycles. The van der Waals surface area contributed by atoms with E-state index in [1.54, 1.807) is 19.2 Å². The lowest BCUT2D eigenvalue weighted by Gasteiger charge is -2.26. The maximum absolute atomic E-state index is 13.0. The Morgan fingerprint density at radius 3 is 2.45 bits per heavy atom. The summed E-state index contributed by atoms with van der Waals surface area (Å²) < 4.78 is 27.5. The molecule has 0 amide bonds. The third kappa shape index (κ3) is 3.70. The van der Waals surface area contributed by atoms with Crippen molar-refractivity contribution in [3.05, 3.63) is 29.8 Å². The van der Waals surface area contributed by atoms with Gasteiger partial charge < -0.3 is 4.90 Å². The number of nitrogens with zero attached hydrogens (tertiary/aromatic N) is 2. The highest BCUT2D eigenvalue weighted by Crippen LogP contribution is 2.30. The summed E-state index contributed by atoms with van der Waals surface area (Å²) in [7, 11) is 0.345. The molecule has 1 fully saturated rings. The van der Waals surface area contributed by atoms with Crippen LogP contribution in [0.25, 0.3) is 0 Å². The molecule has 0 radical (unpaired) electrons. The summed E-state index contributed by atoms with van der Waals surface area (Å²) in [5, 5.41) is 0. The van der Waals surface area contributed by atoms with Gasteiger partial charge in [-0.15, -0.1) is 0 Å². The molecule has 1 atom stereocenters. The van der Waals surface area contributed by atoms with Crippen LogP contribution in [0.15, 0.2) is 29.2 Å². The zero-order chi connectivity index (χ0) is 16.5. The lowest BCUT2D eigenvalue weighted by atomic mass is 9.87. The Hall–Kier alpha value is -0.910. The molecular weight excluding hydrogens is 296 g/mol. The molecule has 1 aliphatic rings. The van der Waals surface area contributed by atoms with Gasteiger partial charge in [-0.1, -0.05) is 39.0 Å². The normalized spacial score (nSPS) is 20.7. The zero-order valence-corrected chi connectivity index (χ0v) is 15.2. The number of hydrogen-bond donors (Lipinski definition) is 0. The summed E-state index contributed by atoms with van der Waals surface area (Å²) >= 11 is 0. The van der Waals surface area contributed by atoms with Gasteiger partial charge in [0.15, 0.2) is 0 Å². The van der Waals surface area contributed by atoms with Crippen LogP contribution in [0, 0.1) is 5.92 Å². The molecule has 0 bridgehead atoms. The molecule has 124 valence electrons. The van der Waals surface area contributed by atoms with Gasteiger partial charge in [0.25, 0.3) is 0 Å². The highest BCUT2D eigenvalue weighted by molar-refractivity contribution is 7.89. The van der Waals surface area contributed by atoms with E-state index < -0.39 is 10.0 Å². The Morgan fingerprint density at radius 2 is 1.91 bits per heavy atom. The number of likely N-dealkylation sites (tertiary alicyclic amines) is 1. The summed E-state index contributed by atoms with van der Waals surface area (Å²) in [5.41, 5.74) is 0.684. The summed E-state index contributed by atoms with van der Waals surface area (Å²) in [4.78, 5) is 2.70. The fourth-order valence-corrected chi connectivity index (χ4v) is 4.76. The highest BCUT2D eigenvalue weighted by atomic mass is 32.2. The van der Waals surface area contributed by atoms with Gasteiger partial charge in [0, 0.05) is 20.1 Å². The minimum atomic E-state index is -3.44. The smallest absolute Gasteiger partial charge is 0.243 e. The fraction of sp³-hybridized carbons (Fsp3) is 0.647. The monoisotopic (exact) mass is 324 g/mol. The molecule has 2 rings (SSSR count). The van der Waals surface area contributed by atoms with Crippen LogP contribution in [0.1, 0.15) is 32.8 Å². The first-order valence-corrected chi connectivity index (χ1v) is 9.31. The Balaban J connectivity index is 2.27. The average molecular weight is 324 g/mol. The van der Waals surface area contributed by atoms with Gasteiger partial charge in [-0.05, 0) is 43.0 Å². The first-order valence-electron chi connectivity index (χ1n) is 7.87. The molecule has 1 heterocycles. The van der Waals surface area contributed by atoms with E-state index in [4.69, 9.17) is 0 Å². The summed E-state index contributed by atoms with van der Waals surface area (Å²) in [6.07, 6.45) is 1.07. The van der Waals surface area contributed by atoms with E-state index in [9.17, 15) is 8.42 Å². The molecule has 22 heavy (non-hydrogen) atoms. The van der Waals surface area contributed by atoms with E-state index in [1.807, 2.05) is 32.9 Å². The van der Waals surface area contributed by atoms with E-state index >= 15 is 0 Å². The van der Waals surface area contributed by atoms with Crippen molar-refractivity contribution >= 4 is 10.0 Å². The Labute approximate surface area is 135 Å². The van der Waals surface area contributed by atoms with Gasteiger partial charge >= 0.3 is 0 Å². The lowest BCUT2D eigenvalue weighted by molar-refractivity contribution is 0.356. The zero-order valence-electron chi connectivity index (χ0n) is 14.3. The Kier molecular flexibility index (Phi) is 5.00. The Morgan fingerprint density at radius 1 is 1.27 bits per heavy atom. The van der Waals surface area contributed by atoms with Crippen molar-refractivity contribution in [1.29, 1.82) is 0 Å². The van der Waals surface area contributed by atoms with Crippen molar-refractivity contribution in [3.8, 4) is 0 Å². The van der Waals surface area contributed by atoms with Crippen molar-refractivity contribution < 1.29 is 8.42 Å². The molecule has 0 aromatic heterocycles. The summed E-state index contributed by atoms with van der Waals surface area (Å²) in [5.74, 6) is 0.423. The average Bonchev–Trinajstić information content (AvgIpc) is 2.83. The first-order chi connectivity index (χ1) is 10.1. The van der Waals surface area contributed by atoms with E-state index in [0.29, 0.717) is 17.4 Å². The molecule has 0 N–H and O–H groups in total. The van der Waals surface area contributed by atoms with E-state index in [2.05, 4.69) is 11.9 Å². The van der Waals surface area contributed by atoms with Gasteiger partial charge in [0.2, 0.25) is 10.0 Å². The predicted molar refractivity (Wildman–Crippen MR) is 90.6 cm³/mol. The number of sulfonamides is 1. The van der Waals surface area contributed by atoms with E-state index in [1.165, 1.54) is 4.31 Å². The molecule has 4 nitrogen and oxygen atoms in total. The van der Waals surface area contributed by atoms with Crippen LogP contribution in [0.2, 0.25) is 0 Å². The number of rotatable bonds is 4. The largest absolute Gasteiger partial charge is 0.306 e. The van der Waals surface area contributed by atoms with Crippen LogP contribution in [0.5, 0.6) is 0 Å². The van der Waals surface area contributed by atoms with Gasteiger partial charge in [-0.25, -0.2) is 12.7 Å². The molecule has 1 aromatic rings. The minimum Gasteiger partial charge on any atom is -0.306 e. The molecule has 1 aromatic carbocycles. The topological polar surface area (TPSA) is 40.6 Å². The molecule has 0 unspecified atom stereocenters. The molecule has 0 aliphatic carbocycles. The minimum absolute atomic E-state index is 0.196. The second-order valence-corrected chi connectivity index (χ2v) is 9.46. The standard InChI is InChI=1S/C17H28N2O2S/c1-17(2,3)15-8-6-7-9-16(15)22(20,21)19(5)13-14-10-11-18(4)12-14/h6-9,14H,10-13H2,1-5H3/t14-/m1/s1. The number of hydrogen-bond acceptors (Lipinski definition) is 3. The first kappa shape index (κ1) is 17.4. The lowest BCUT2D eigenvalue weighted by Crippen LogP contribution is -2.34. The summed E-state index contributed by atoms with van der Waals surface area (Å²) in [6.45, 7) is 8.76. The quantitative estimate of drug-likeness (QED) is 0.854. The van der Waals surface area contributed by atoms with E-state index in [-0.39, 0.29) is 5.41 Å². The maximum Gasteiger partial charge on any atom is 0.243 e. The third-order valence-electron chi connectivity index (χ3n) is 4.39. The van der Waals surface area contributed by atoms with Crippen molar-refractivity contribution in [2.24, 2.45) is 5.92 Å². The second kappa shape index (κ2) is 6.30. The van der Waals surface area contributed by atoms with Crippen LogP contribution in [-0.2, 0) is 15.4 Å². The van der Waals surface area contributed by atoms with Crippen molar-refractivity contribution in [1.82, 2.24) is 9.21 Å². The highest BCUT2D eigenvalue weighted by Gasteiger charge is 2.31. The van der Waals surface area contributed by atoms with Crippen LogP contribution in [-0.4, -0.2) is 51.4 Å². The van der Waals surface area contributed by atoms with Crippen LogP contribution in [0.3, 0.4) is 0 Å². The van der Waals surface area contributed by atoms with Crippen molar-refractivity contribution in [2.45, 2.75) is 37.5 Å². The van der Waals surface area contributed by atoms with Crippen LogP contribution < -0.4 is 0 Å². The predicted octanol–water partition coefficient (Wildman–Crippen LogP) is 2.56. The van der Waals surface area contributed by atoms with Crippen molar-refractivity contribution in [3.63, 3.8) is 0 Å². The molecule has 0 spiro atoms. The van der Waals surface area contributed by atoms with E-state index in [0.717, 1.165) is 25.1 Å². The van der Waals surface area contributed by atoms with Crippen molar-refractivity contribution in [2.75, 3.05) is 33.7 Å². The fourth-order valence-electron chi connectivity index (χ4n) is 3.12. The SMILES string of the molecule is CN1CC[C@@H](CN(C)S(=O)(=O)c2ccccc2C(C)(C)C)C1. The molecule has 5 heteroatoms. The molecule has 1 aliphatic heterocycles. The van der Waals surface area contributed by atoms with Crippen LogP contribution in [0.4, 0.5) is 0 Å². The molecule has 1 saturated heterocycles.